The molecule has 0 aliphatic heterocycles. The minimum Gasteiger partial charge on any atom is -0.339 e. The molecule has 0 saturated carbocycles. The van der Waals surface area contributed by atoms with Crippen molar-refractivity contribution < 1.29 is 0 Å². The Morgan fingerprint density at radius 3 is 1.30 bits per heavy atom. The lowest BCUT2D eigenvalue weighted by molar-refractivity contribution is 1.18. The number of nitrogens with one attached hydrogen (secondary N) is 1. The molecular formula is C58H37N5. The molecule has 0 aliphatic rings. The highest BCUT2D eigenvalue weighted by Crippen LogP contribution is 2.41. The number of benzene rings is 9. The highest BCUT2D eigenvalue weighted by molar-refractivity contribution is 6.15. The van der Waals surface area contributed by atoms with Gasteiger partial charge in [0, 0.05) is 54.9 Å². The summed E-state index contributed by atoms with van der Waals surface area (Å²) >= 11 is 0. The summed E-state index contributed by atoms with van der Waals surface area (Å²) in [6.07, 6.45) is 0. The molecule has 0 radical (unpaired) electrons. The van der Waals surface area contributed by atoms with E-state index in [1.54, 1.807) is 0 Å². The second-order valence-corrected chi connectivity index (χ2v) is 16.3. The van der Waals surface area contributed by atoms with Crippen LogP contribution in [0.2, 0.25) is 0 Å². The second-order valence-electron chi connectivity index (χ2n) is 16.3. The minimum atomic E-state index is 0.701. The Kier molecular flexibility index (Phi) is 7.84. The molecule has 0 atom stereocenters. The van der Waals surface area contributed by atoms with Gasteiger partial charge in [-0.2, -0.15) is 0 Å². The molecule has 9 aromatic carbocycles. The van der Waals surface area contributed by atoms with Gasteiger partial charge in [-0.15, -0.1) is 0 Å². The lowest BCUT2D eigenvalue weighted by Crippen LogP contribution is -1.94. The Balaban J connectivity index is 0.993. The SMILES string of the molecule is c1ccc(-c2nc(-c3ccccc3)c3c(n2)[nH]c2ccc(-c4ccc5c(c4)c4cc(-c6ccc7c(c6)c6ccccc6n7-c6ccccc6)ccc4n5-c4ccccc4)cc23)cc1. The largest absolute Gasteiger partial charge is 0.339 e. The molecular weight excluding hydrogens is 767 g/mol. The Morgan fingerprint density at radius 1 is 0.317 bits per heavy atom. The quantitative estimate of drug-likeness (QED) is 0.182. The van der Waals surface area contributed by atoms with Crippen LogP contribution in [0.3, 0.4) is 0 Å². The molecule has 0 aliphatic carbocycles. The van der Waals surface area contributed by atoms with Crippen molar-refractivity contribution in [1.29, 1.82) is 0 Å². The van der Waals surface area contributed by atoms with Crippen molar-refractivity contribution in [2.45, 2.75) is 0 Å². The topological polar surface area (TPSA) is 51.4 Å². The molecule has 63 heavy (non-hydrogen) atoms. The molecule has 294 valence electrons. The van der Waals surface area contributed by atoms with Crippen LogP contribution in [0.15, 0.2) is 218 Å². The summed E-state index contributed by atoms with van der Waals surface area (Å²) < 4.78 is 4.77. The van der Waals surface area contributed by atoms with Gasteiger partial charge in [-0.25, -0.2) is 9.97 Å². The van der Waals surface area contributed by atoms with E-state index in [9.17, 15) is 0 Å². The maximum atomic E-state index is 5.22. The summed E-state index contributed by atoms with van der Waals surface area (Å²) in [4.78, 5) is 14.0. The Hall–Kier alpha value is -8.54. The van der Waals surface area contributed by atoms with Gasteiger partial charge in [0.15, 0.2) is 5.82 Å². The summed E-state index contributed by atoms with van der Waals surface area (Å²) in [5.41, 5.74) is 16.5. The number of nitrogens with zero attached hydrogens (tertiary/aromatic N) is 4. The maximum Gasteiger partial charge on any atom is 0.162 e. The lowest BCUT2D eigenvalue weighted by atomic mass is 9.98. The molecule has 5 nitrogen and oxygen atoms in total. The first-order valence-corrected chi connectivity index (χ1v) is 21.4. The number of aromatic amines is 1. The molecule has 13 aromatic rings. The Labute approximate surface area is 362 Å². The van der Waals surface area contributed by atoms with Crippen LogP contribution >= 0.6 is 0 Å². The predicted octanol–water partition coefficient (Wildman–Crippen LogP) is 15.0. The lowest BCUT2D eigenvalue weighted by Gasteiger charge is -2.09. The van der Waals surface area contributed by atoms with Crippen molar-refractivity contribution in [2.24, 2.45) is 0 Å². The van der Waals surface area contributed by atoms with E-state index in [0.29, 0.717) is 5.82 Å². The zero-order valence-corrected chi connectivity index (χ0v) is 34.1. The highest BCUT2D eigenvalue weighted by Gasteiger charge is 2.20. The fourth-order valence-electron chi connectivity index (χ4n) is 9.74. The minimum absolute atomic E-state index is 0.701. The molecule has 0 fully saturated rings. The van der Waals surface area contributed by atoms with Gasteiger partial charge in [-0.3, -0.25) is 0 Å². The van der Waals surface area contributed by atoms with Crippen molar-refractivity contribution in [2.75, 3.05) is 0 Å². The van der Waals surface area contributed by atoms with Crippen molar-refractivity contribution in [1.82, 2.24) is 24.1 Å². The van der Waals surface area contributed by atoms with Crippen LogP contribution in [-0.4, -0.2) is 24.1 Å². The Morgan fingerprint density at radius 2 is 0.746 bits per heavy atom. The molecule has 13 rings (SSSR count). The monoisotopic (exact) mass is 803 g/mol. The third kappa shape index (κ3) is 5.64. The third-order valence-corrected chi connectivity index (χ3v) is 12.7. The van der Waals surface area contributed by atoms with Crippen LogP contribution in [0.4, 0.5) is 0 Å². The highest BCUT2D eigenvalue weighted by atomic mass is 15.0. The van der Waals surface area contributed by atoms with E-state index in [4.69, 9.17) is 9.97 Å². The molecule has 5 heteroatoms. The standard InChI is InChI=1S/C58H37N5/c1-5-15-37(16-6-1)56-55-49-36-39(25-29-50(49)59-58(55)61-57(60-56)38-17-7-2-8-18-38)41-27-31-53-47(34-41)48-35-42(28-32-54(48)63(53)44-21-11-4-12-22-44)40-26-30-52-46(33-40)45-23-13-14-24-51(45)62(52)43-19-9-3-10-20-43/h1-36H,(H,59,60,61). The van der Waals surface area contributed by atoms with Crippen LogP contribution < -0.4 is 0 Å². The number of rotatable bonds is 6. The smallest absolute Gasteiger partial charge is 0.162 e. The number of hydrogen-bond acceptors (Lipinski definition) is 2. The van der Waals surface area contributed by atoms with E-state index in [1.807, 2.05) is 24.3 Å². The van der Waals surface area contributed by atoms with Gasteiger partial charge < -0.3 is 14.1 Å². The molecule has 0 unspecified atom stereocenters. The van der Waals surface area contributed by atoms with Gasteiger partial charge in [0.1, 0.15) is 5.65 Å². The zero-order valence-electron chi connectivity index (χ0n) is 34.1. The van der Waals surface area contributed by atoms with Gasteiger partial charge in [0.25, 0.3) is 0 Å². The first-order valence-electron chi connectivity index (χ1n) is 21.4. The van der Waals surface area contributed by atoms with E-state index in [-0.39, 0.29) is 0 Å². The van der Waals surface area contributed by atoms with Crippen LogP contribution in [0.25, 0.3) is 122 Å². The van der Waals surface area contributed by atoms with E-state index < -0.39 is 0 Å². The molecule has 0 saturated heterocycles. The van der Waals surface area contributed by atoms with Gasteiger partial charge in [0.2, 0.25) is 0 Å². The number of para-hydroxylation sites is 3. The summed E-state index contributed by atoms with van der Waals surface area (Å²) in [5, 5.41) is 7.02. The summed E-state index contributed by atoms with van der Waals surface area (Å²) in [6, 6.07) is 78.2. The summed E-state index contributed by atoms with van der Waals surface area (Å²) in [6.45, 7) is 0. The van der Waals surface area contributed by atoms with Crippen LogP contribution in [0.5, 0.6) is 0 Å². The number of hydrogen-bond donors (Lipinski definition) is 1. The molecule has 0 bridgehead atoms. The maximum absolute atomic E-state index is 5.22. The van der Waals surface area contributed by atoms with Gasteiger partial charge >= 0.3 is 0 Å². The average Bonchev–Trinajstić information content (AvgIpc) is 4.01. The van der Waals surface area contributed by atoms with E-state index in [2.05, 4.69) is 208 Å². The van der Waals surface area contributed by atoms with Crippen molar-refractivity contribution in [3.8, 4) is 56.3 Å². The first kappa shape index (κ1) is 35.2. The Bertz CT molecular complexity index is 3880. The molecule has 0 spiro atoms. The number of fused-ring (bicyclic) bond motifs is 9. The predicted molar refractivity (Wildman–Crippen MR) is 262 cm³/mol. The van der Waals surface area contributed by atoms with Crippen LogP contribution in [0.1, 0.15) is 0 Å². The fraction of sp³-hybridized carbons (Fsp3) is 0. The van der Waals surface area contributed by atoms with Crippen molar-refractivity contribution >= 4 is 65.5 Å². The van der Waals surface area contributed by atoms with Crippen LogP contribution in [0, 0.1) is 0 Å². The number of aromatic nitrogens is 5. The zero-order chi connectivity index (χ0) is 41.4. The van der Waals surface area contributed by atoms with Gasteiger partial charge in [0.05, 0.1) is 33.1 Å². The van der Waals surface area contributed by atoms with Crippen molar-refractivity contribution in [3.05, 3.63) is 218 Å². The van der Waals surface area contributed by atoms with Crippen molar-refractivity contribution in [3.63, 3.8) is 0 Å². The molecule has 1 N–H and O–H groups in total. The third-order valence-electron chi connectivity index (χ3n) is 12.7. The summed E-state index contributed by atoms with van der Waals surface area (Å²) in [5.74, 6) is 0.701. The number of H-pyrrole nitrogens is 1. The normalized spacial score (nSPS) is 11.8. The average molecular weight is 804 g/mol. The van der Waals surface area contributed by atoms with E-state index >= 15 is 0 Å². The van der Waals surface area contributed by atoms with E-state index in [1.165, 1.54) is 54.7 Å². The second kappa shape index (κ2) is 14.0. The van der Waals surface area contributed by atoms with Crippen LogP contribution in [-0.2, 0) is 0 Å². The van der Waals surface area contributed by atoms with Gasteiger partial charge in [-0.05, 0) is 101 Å². The fourth-order valence-corrected chi connectivity index (χ4v) is 9.74. The summed E-state index contributed by atoms with van der Waals surface area (Å²) in [7, 11) is 0. The van der Waals surface area contributed by atoms with Gasteiger partial charge in [-0.1, -0.05) is 140 Å². The molecule has 4 aromatic heterocycles. The van der Waals surface area contributed by atoms with E-state index in [0.717, 1.165) is 61.3 Å². The molecule has 0 amide bonds. The first-order chi connectivity index (χ1) is 31.2. The molecule has 4 heterocycles.